The van der Waals surface area contributed by atoms with Crippen molar-refractivity contribution in [1.82, 2.24) is 15.1 Å². The van der Waals surface area contributed by atoms with Crippen molar-refractivity contribution in [2.75, 3.05) is 44.2 Å². The van der Waals surface area contributed by atoms with E-state index >= 15 is 0 Å². The third-order valence-electron chi connectivity index (χ3n) is 8.16. The van der Waals surface area contributed by atoms with Crippen LogP contribution >= 0.6 is 0 Å². The van der Waals surface area contributed by atoms with E-state index in [1.807, 2.05) is 4.90 Å². The van der Waals surface area contributed by atoms with E-state index in [0.29, 0.717) is 63.2 Å². The van der Waals surface area contributed by atoms with Crippen molar-refractivity contribution < 1.29 is 22.8 Å². The first kappa shape index (κ1) is 27.6. The molecule has 2 heterocycles. The highest BCUT2D eigenvalue weighted by Crippen LogP contribution is 2.37. The standard InChI is InChI=1S/C31H33F3N4O2/c1-22(23-3-2-4-27(34)21-23)35-29(39)31(24-5-7-25(32)8-6-24)13-15-37(16-14-31)30(40)38-19-17-36(18-20-38)28-11-9-26(33)10-12-28/h2-12,21-22H,13-20H2,1H3,(H,35,39)/t22-/m0/s1. The maximum atomic E-state index is 13.8. The zero-order chi connectivity index (χ0) is 28.3. The molecule has 0 saturated carbocycles. The van der Waals surface area contributed by atoms with Crippen LogP contribution in [0, 0.1) is 17.5 Å². The summed E-state index contributed by atoms with van der Waals surface area (Å²) in [6, 6.07) is 17.9. The van der Waals surface area contributed by atoms with Gasteiger partial charge in [0.1, 0.15) is 17.5 Å². The SMILES string of the molecule is C[C@H](NC(=O)C1(c2ccc(F)cc2)CCN(C(=O)N2CCN(c3ccc(F)cc3)CC2)CC1)c1cccc(F)c1. The second-order valence-corrected chi connectivity index (χ2v) is 10.6. The van der Waals surface area contributed by atoms with Crippen molar-refractivity contribution in [1.29, 1.82) is 0 Å². The Bertz CT molecular complexity index is 1330. The Morgan fingerprint density at radius 2 is 1.32 bits per heavy atom. The molecule has 40 heavy (non-hydrogen) atoms. The van der Waals surface area contributed by atoms with Gasteiger partial charge >= 0.3 is 6.03 Å². The second-order valence-electron chi connectivity index (χ2n) is 10.6. The van der Waals surface area contributed by atoms with Crippen molar-refractivity contribution >= 4 is 17.6 Å². The Hall–Kier alpha value is -4.01. The molecule has 3 aromatic carbocycles. The lowest BCUT2D eigenvalue weighted by atomic mass is 9.71. The van der Waals surface area contributed by atoms with Gasteiger partial charge in [-0.15, -0.1) is 0 Å². The molecular weight excluding hydrogens is 517 g/mol. The van der Waals surface area contributed by atoms with Gasteiger partial charge in [-0.05, 0) is 79.4 Å². The molecular formula is C31H33F3N4O2. The molecule has 3 amide bonds. The number of anilines is 1. The summed E-state index contributed by atoms with van der Waals surface area (Å²) < 4.78 is 40.8. The molecule has 6 nitrogen and oxygen atoms in total. The van der Waals surface area contributed by atoms with Gasteiger partial charge in [0.2, 0.25) is 5.91 Å². The quantitative estimate of drug-likeness (QED) is 0.472. The number of carbonyl (C=O) groups is 2. The minimum atomic E-state index is -0.951. The van der Waals surface area contributed by atoms with Crippen LogP contribution in [0.5, 0.6) is 0 Å². The Labute approximate surface area is 232 Å². The largest absolute Gasteiger partial charge is 0.368 e. The highest BCUT2D eigenvalue weighted by Gasteiger charge is 2.44. The lowest BCUT2D eigenvalue weighted by molar-refractivity contribution is -0.129. The third kappa shape index (κ3) is 5.78. The highest BCUT2D eigenvalue weighted by atomic mass is 19.1. The predicted molar refractivity (Wildman–Crippen MR) is 147 cm³/mol. The number of hydrogen-bond acceptors (Lipinski definition) is 3. The molecule has 210 valence electrons. The Balaban J connectivity index is 1.26. The van der Waals surface area contributed by atoms with E-state index in [4.69, 9.17) is 0 Å². The number of nitrogens with one attached hydrogen (secondary N) is 1. The molecule has 0 spiro atoms. The van der Waals surface area contributed by atoms with Gasteiger partial charge in [-0.2, -0.15) is 0 Å². The number of likely N-dealkylation sites (tertiary alicyclic amines) is 1. The first-order valence-electron chi connectivity index (χ1n) is 13.6. The van der Waals surface area contributed by atoms with E-state index in [1.54, 1.807) is 48.2 Å². The number of urea groups is 1. The number of benzene rings is 3. The summed E-state index contributed by atoms with van der Waals surface area (Å²) >= 11 is 0. The van der Waals surface area contributed by atoms with E-state index in [0.717, 1.165) is 5.69 Å². The number of halogens is 3. The summed E-state index contributed by atoms with van der Waals surface area (Å²) in [7, 11) is 0. The fourth-order valence-corrected chi connectivity index (χ4v) is 5.70. The van der Waals surface area contributed by atoms with E-state index in [9.17, 15) is 22.8 Å². The van der Waals surface area contributed by atoms with Gasteiger partial charge in [0.25, 0.3) is 0 Å². The van der Waals surface area contributed by atoms with Gasteiger partial charge in [-0.3, -0.25) is 4.79 Å². The molecule has 2 aliphatic rings. The van der Waals surface area contributed by atoms with E-state index in [1.165, 1.54) is 36.4 Å². The normalized spacial score (nSPS) is 17.9. The predicted octanol–water partition coefficient (Wildman–Crippen LogP) is 5.26. The monoisotopic (exact) mass is 550 g/mol. The first-order chi connectivity index (χ1) is 19.2. The van der Waals surface area contributed by atoms with Crippen LogP contribution in [0.1, 0.15) is 36.9 Å². The van der Waals surface area contributed by atoms with Crippen LogP contribution in [0.2, 0.25) is 0 Å². The van der Waals surface area contributed by atoms with Gasteiger partial charge in [0, 0.05) is 45.0 Å². The molecule has 2 aliphatic heterocycles. The molecule has 3 aromatic rings. The number of nitrogens with zero attached hydrogens (tertiary/aromatic N) is 3. The number of carbonyl (C=O) groups excluding carboxylic acids is 2. The van der Waals surface area contributed by atoms with E-state index in [2.05, 4.69) is 10.2 Å². The first-order valence-corrected chi connectivity index (χ1v) is 13.6. The number of hydrogen-bond donors (Lipinski definition) is 1. The Morgan fingerprint density at radius 1 is 0.750 bits per heavy atom. The molecule has 9 heteroatoms. The maximum Gasteiger partial charge on any atom is 0.320 e. The number of piperidine rings is 1. The molecule has 2 fully saturated rings. The van der Waals surface area contributed by atoms with Gasteiger partial charge in [-0.25, -0.2) is 18.0 Å². The van der Waals surface area contributed by atoms with Crippen LogP contribution in [0.3, 0.4) is 0 Å². The van der Waals surface area contributed by atoms with Crippen LogP contribution in [-0.4, -0.2) is 61.0 Å². The molecule has 0 unspecified atom stereocenters. The van der Waals surface area contributed by atoms with Crippen molar-refractivity contribution in [3.05, 3.63) is 101 Å². The zero-order valence-corrected chi connectivity index (χ0v) is 22.5. The summed E-state index contributed by atoms with van der Waals surface area (Å²) in [6.45, 7) is 4.92. The summed E-state index contributed by atoms with van der Waals surface area (Å²) in [6.07, 6.45) is 0.753. The third-order valence-corrected chi connectivity index (χ3v) is 8.16. The lowest BCUT2D eigenvalue weighted by Crippen LogP contribution is -2.57. The average Bonchev–Trinajstić information content (AvgIpc) is 2.97. The number of piperazine rings is 1. The summed E-state index contributed by atoms with van der Waals surface area (Å²) in [4.78, 5) is 32.9. The Morgan fingerprint density at radius 3 is 1.93 bits per heavy atom. The lowest BCUT2D eigenvalue weighted by Gasteiger charge is -2.44. The molecule has 5 rings (SSSR count). The second kappa shape index (κ2) is 11.6. The van der Waals surface area contributed by atoms with Gasteiger partial charge in [-0.1, -0.05) is 24.3 Å². The maximum absolute atomic E-state index is 13.8. The molecule has 0 aromatic heterocycles. The highest BCUT2D eigenvalue weighted by molar-refractivity contribution is 5.89. The van der Waals surface area contributed by atoms with Crippen molar-refractivity contribution in [2.24, 2.45) is 0 Å². The van der Waals surface area contributed by atoms with Crippen LogP contribution in [0.25, 0.3) is 0 Å². The number of rotatable bonds is 5. The van der Waals surface area contributed by atoms with Gasteiger partial charge in [0.05, 0.1) is 11.5 Å². The van der Waals surface area contributed by atoms with E-state index < -0.39 is 11.5 Å². The van der Waals surface area contributed by atoms with Gasteiger partial charge < -0.3 is 20.0 Å². The smallest absolute Gasteiger partial charge is 0.320 e. The van der Waals surface area contributed by atoms with Crippen LogP contribution in [0.4, 0.5) is 23.7 Å². The minimum absolute atomic E-state index is 0.0694. The molecule has 1 atom stereocenters. The van der Waals surface area contributed by atoms with Crippen LogP contribution < -0.4 is 10.2 Å². The van der Waals surface area contributed by atoms with Crippen LogP contribution in [-0.2, 0) is 10.2 Å². The van der Waals surface area contributed by atoms with Crippen molar-refractivity contribution in [2.45, 2.75) is 31.2 Å². The fourth-order valence-electron chi connectivity index (χ4n) is 5.70. The van der Waals surface area contributed by atoms with Crippen molar-refractivity contribution in [3.63, 3.8) is 0 Å². The summed E-state index contributed by atoms with van der Waals surface area (Å²) in [5.41, 5.74) is 1.31. The molecule has 2 saturated heterocycles. The van der Waals surface area contributed by atoms with Crippen LogP contribution in [0.15, 0.2) is 72.8 Å². The molecule has 0 radical (unpaired) electrons. The zero-order valence-electron chi connectivity index (χ0n) is 22.5. The Kier molecular flexibility index (Phi) is 8.00. The molecule has 0 aliphatic carbocycles. The fraction of sp³-hybridized carbons (Fsp3) is 0.355. The minimum Gasteiger partial charge on any atom is -0.368 e. The summed E-state index contributed by atoms with van der Waals surface area (Å²) in [5.74, 6) is -1.27. The summed E-state index contributed by atoms with van der Waals surface area (Å²) in [5, 5.41) is 3.04. The molecule has 1 N–H and O–H groups in total. The van der Waals surface area contributed by atoms with E-state index in [-0.39, 0.29) is 29.4 Å². The van der Waals surface area contributed by atoms with Crippen molar-refractivity contribution in [3.8, 4) is 0 Å². The number of amides is 3. The van der Waals surface area contributed by atoms with Gasteiger partial charge in [0.15, 0.2) is 0 Å². The average molecular weight is 551 g/mol. The topological polar surface area (TPSA) is 55.9 Å². The molecule has 0 bridgehead atoms.